The summed E-state index contributed by atoms with van der Waals surface area (Å²) in [7, 11) is 1.60. The number of carbonyl (C=O) groups excluding carboxylic acids is 1. The number of rotatable bonds is 4. The molecule has 0 saturated heterocycles. The fourth-order valence-electron chi connectivity index (χ4n) is 2.90. The highest BCUT2D eigenvalue weighted by molar-refractivity contribution is 7.16. The van der Waals surface area contributed by atoms with E-state index in [1.54, 1.807) is 13.2 Å². The quantitative estimate of drug-likeness (QED) is 0.852. The van der Waals surface area contributed by atoms with Crippen molar-refractivity contribution in [3.05, 3.63) is 51.9 Å². The number of nitrogens with one attached hydrogen (secondary N) is 1. The van der Waals surface area contributed by atoms with Gasteiger partial charge in [0.1, 0.15) is 16.8 Å². The second-order valence-corrected chi connectivity index (χ2v) is 6.70. The molecule has 122 valence electrons. The van der Waals surface area contributed by atoms with Gasteiger partial charge in [0.05, 0.1) is 12.7 Å². The van der Waals surface area contributed by atoms with Crippen LogP contribution in [0.5, 0.6) is 5.75 Å². The Bertz CT molecular complexity index is 830. The molecule has 2 aromatic rings. The van der Waals surface area contributed by atoms with Crippen LogP contribution in [0, 0.1) is 11.3 Å². The summed E-state index contributed by atoms with van der Waals surface area (Å²) >= 11 is 1.53. The van der Waals surface area contributed by atoms with E-state index < -0.39 is 0 Å². The standard InChI is InChI=1S/C19H18N2O2S/c1-23-16-8-4-2-6-13(16)10-11-18(22)21-19-15(12-20)14-7-3-5-9-17(14)24-19/h2,4,6,8,10-11H,3,5,7,9H2,1H3,(H,21,22)/b11-10+. The Kier molecular flexibility index (Phi) is 4.97. The highest BCUT2D eigenvalue weighted by atomic mass is 32.1. The third kappa shape index (κ3) is 3.34. The van der Waals surface area contributed by atoms with Crippen LogP contribution in [-0.4, -0.2) is 13.0 Å². The number of amides is 1. The van der Waals surface area contributed by atoms with E-state index in [0.29, 0.717) is 16.3 Å². The van der Waals surface area contributed by atoms with Crippen molar-refractivity contribution in [2.45, 2.75) is 25.7 Å². The molecule has 5 heteroatoms. The van der Waals surface area contributed by atoms with E-state index >= 15 is 0 Å². The van der Waals surface area contributed by atoms with E-state index in [1.807, 2.05) is 24.3 Å². The number of carbonyl (C=O) groups is 1. The van der Waals surface area contributed by atoms with Gasteiger partial charge in [-0.15, -0.1) is 11.3 Å². The van der Waals surface area contributed by atoms with Gasteiger partial charge in [0.25, 0.3) is 0 Å². The van der Waals surface area contributed by atoms with E-state index in [2.05, 4.69) is 11.4 Å². The molecule has 1 aromatic carbocycles. The summed E-state index contributed by atoms with van der Waals surface area (Å²) in [5, 5.41) is 12.9. The van der Waals surface area contributed by atoms with Crippen molar-refractivity contribution in [1.29, 1.82) is 5.26 Å². The molecule has 24 heavy (non-hydrogen) atoms. The van der Waals surface area contributed by atoms with Crippen molar-refractivity contribution in [3.63, 3.8) is 0 Å². The Labute approximate surface area is 145 Å². The van der Waals surface area contributed by atoms with E-state index in [1.165, 1.54) is 22.3 Å². The van der Waals surface area contributed by atoms with Crippen LogP contribution in [0.15, 0.2) is 30.3 Å². The highest BCUT2D eigenvalue weighted by Crippen LogP contribution is 2.37. The molecule has 1 aromatic heterocycles. The molecule has 0 atom stereocenters. The fraction of sp³-hybridized carbons (Fsp3) is 0.263. The van der Waals surface area contributed by atoms with Crippen LogP contribution in [0.2, 0.25) is 0 Å². The molecule has 1 aliphatic carbocycles. The second kappa shape index (κ2) is 7.33. The van der Waals surface area contributed by atoms with Crippen molar-refractivity contribution in [1.82, 2.24) is 0 Å². The van der Waals surface area contributed by atoms with Crippen molar-refractivity contribution in [2.75, 3.05) is 12.4 Å². The van der Waals surface area contributed by atoms with Gasteiger partial charge in [-0.05, 0) is 43.4 Å². The van der Waals surface area contributed by atoms with Crippen molar-refractivity contribution < 1.29 is 9.53 Å². The van der Waals surface area contributed by atoms with Gasteiger partial charge in [0, 0.05) is 16.5 Å². The normalized spacial score (nSPS) is 13.3. The Morgan fingerprint density at radius 3 is 2.92 bits per heavy atom. The van der Waals surface area contributed by atoms with Gasteiger partial charge in [-0.25, -0.2) is 0 Å². The molecule has 4 nitrogen and oxygen atoms in total. The van der Waals surface area contributed by atoms with Crippen LogP contribution < -0.4 is 10.1 Å². The zero-order valence-electron chi connectivity index (χ0n) is 13.5. The molecule has 1 aliphatic rings. The second-order valence-electron chi connectivity index (χ2n) is 5.59. The Morgan fingerprint density at radius 2 is 2.12 bits per heavy atom. The molecule has 3 rings (SSSR count). The van der Waals surface area contributed by atoms with Crippen LogP contribution in [-0.2, 0) is 17.6 Å². The number of methoxy groups -OCH3 is 1. The van der Waals surface area contributed by atoms with Gasteiger partial charge < -0.3 is 10.1 Å². The van der Waals surface area contributed by atoms with Gasteiger partial charge in [-0.2, -0.15) is 5.26 Å². The first-order chi connectivity index (χ1) is 11.7. The van der Waals surface area contributed by atoms with Crippen molar-refractivity contribution in [2.24, 2.45) is 0 Å². The molecule has 1 N–H and O–H groups in total. The van der Waals surface area contributed by atoms with Gasteiger partial charge in [-0.3, -0.25) is 4.79 Å². The lowest BCUT2D eigenvalue weighted by Gasteiger charge is -2.09. The van der Waals surface area contributed by atoms with Crippen molar-refractivity contribution in [3.8, 4) is 11.8 Å². The van der Waals surface area contributed by atoms with E-state index in [-0.39, 0.29) is 5.91 Å². The fourth-order valence-corrected chi connectivity index (χ4v) is 4.14. The molecule has 0 saturated carbocycles. The number of ether oxygens (including phenoxy) is 1. The first-order valence-electron chi connectivity index (χ1n) is 7.89. The Hall–Kier alpha value is -2.58. The smallest absolute Gasteiger partial charge is 0.249 e. The molecule has 0 aliphatic heterocycles. The van der Waals surface area contributed by atoms with Crippen LogP contribution in [0.4, 0.5) is 5.00 Å². The zero-order chi connectivity index (χ0) is 16.9. The Balaban J connectivity index is 1.77. The number of nitrogens with zero attached hydrogens (tertiary/aromatic N) is 1. The maximum absolute atomic E-state index is 12.2. The number of hydrogen-bond donors (Lipinski definition) is 1. The van der Waals surface area contributed by atoms with Gasteiger partial charge in [0.2, 0.25) is 5.91 Å². The number of benzene rings is 1. The highest BCUT2D eigenvalue weighted by Gasteiger charge is 2.21. The number of fused-ring (bicyclic) bond motifs is 1. The third-order valence-corrected chi connectivity index (χ3v) is 5.28. The van der Waals surface area contributed by atoms with Crippen molar-refractivity contribution >= 4 is 28.3 Å². The SMILES string of the molecule is COc1ccccc1/C=C/C(=O)Nc1sc2c(c1C#N)CCCC2. The topological polar surface area (TPSA) is 62.1 Å². The molecule has 0 unspecified atom stereocenters. The molecule has 0 bridgehead atoms. The van der Waals surface area contributed by atoms with Gasteiger partial charge in [-0.1, -0.05) is 18.2 Å². The molecular formula is C19H18N2O2S. The molecule has 1 heterocycles. The van der Waals surface area contributed by atoms with Crippen LogP contribution in [0.3, 0.4) is 0 Å². The van der Waals surface area contributed by atoms with Gasteiger partial charge >= 0.3 is 0 Å². The molecular weight excluding hydrogens is 320 g/mol. The van der Waals surface area contributed by atoms with E-state index in [4.69, 9.17) is 4.74 Å². The average molecular weight is 338 g/mol. The Morgan fingerprint density at radius 1 is 1.33 bits per heavy atom. The summed E-state index contributed by atoms with van der Waals surface area (Å²) in [5.41, 5.74) is 2.59. The maximum atomic E-state index is 12.2. The largest absolute Gasteiger partial charge is 0.496 e. The van der Waals surface area contributed by atoms with Crippen LogP contribution >= 0.6 is 11.3 Å². The van der Waals surface area contributed by atoms with Gasteiger partial charge in [0.15, 0.2) is 0 Å². The average Bonchev–Trinajstić information content (AvgIpc) is 2.97. The van der Waals surface area contributed by atoms with E-state index in [9.17, 15) is 10.1 Å². The summed E-state index contributed by atoms with van der Waals surface area (Å²) in [6.07, 6.45) is 7.38. The number of aryl methyl sites for hydroxylation is 1. The minimum absolute atomic E-state index is 0.240. The summed E-state index contributed by atoms with van der Waals surface area (Å²) < 4.78 is 5.26. The van der Waals surface area contributed by atoms with E-state index in [0.717, 1.165) is 36.8 Å². The minimum Gasteiger partial charge on any atom is -0.496 e. The molecule has 0 fully saturated rings. The lowest BCUT2D eigenvalue weighted by Crippen LogP contribution is -2.08. The molecule has 0 spiro atoms. The number of hydrogen-bond acceptors (Lipinski definition) is 4. The summed E-state index contributed by atoms with van der Waals surface area (Å²) in [6.45, 7) is 0. The summed E-state index contributed by atoms with van der Waals surface area (Å²) in [4.78, 5) is 13.5. The summed E-state index contributed by atoms with van der Waals surface area (Å²) in [6, 6.07) is 9.75. The lowest BCUT2D eigenvalue weighted by molar-refractivity contribution is -0.111. The van der Waals surface area contributed by atoms with Crippen LogP contribution in [0.25, 0.3) is 6.08 Å². The first-order valence-corrected chi connectivity index (χ1v) is 8.71. The first kappa shape index (κ1) is 16.3. The number of nitriles is 1. The van der Waals surface area contributed by atoms with Crippen LogP contribution in [0.1, 0.15) is 34.4 Å². The third-order valence-electron chi connectivity index (χ3n) is 4.07. The monoisotopic (exact) mass is 338 g/mol. The maximum Gasteiger partial charge on any atom is 0.249 e. The number of para-hydroxylation sites is 1. The summed E-state index contributed by atoms with van der Waals surface area (Å²) in [5.74, 6) is 0.474. The molecule has 1 amide bonds. The predicted molar refractivity (Wildman–Crippen MR) is 96.3 cm³/mol. The minimum atomic E-state index is -0.240. The number of thiophene rings is 1. The lowest BCUT2D eigenvalue weighted by atomic mass is 9.96. The molecule has 0 radical (unpaired) electrons. The predicted octanol–water partition coefficient (Wildman–Crippen LogP) is 4.16. The zero-order valence-corrected chi connectivity index (χ0v) is 14.3. The number of anilines is 1.